The van der Waals surface area contributed by atoms with Gasteiger partial charge in [0.1, 0.15) is 6.61 Å². The number of ether oxygens (including phenoxy) is 2. The smallest absolute Gasteiger partial charge is 0.232 e. The molecular weight excluding hydrogens is 450 g/mol. The Balaban J connectivity index is 1.13. The highest BCUT2D eigenvalue weighted by molar-refractivity contribution is 7.99. The van der Waals surface area contributed by atoms with Crippen molar-refractivity contribution in [1.82, 2.24) is 24.6 Å². The van der Waals surface area contributed by atoms with Crippen LogP contribution in [0, 0.1) is 0 Å². The molecule has 1 atom stereocenters. The molecule has 9 heteroatoms. The monoisotopic (exact) mass is 475 g/mol. The Kier molecular flexibility index (Phi) is 5.41. The van der Waals surface area contributed by atoms with Crippen LogP contribution in [0.2, 0.25) is 0 Å². The van der Waals surface area contributed by atoms with Crippen molar-refractivity contribution in [1.29, 1.82) is 0 Å². The number of para-hydroxylation sites is 3. The summed E-state index contributed by atoms with van der Waals surface area (Å²) in [5, 5.41) is 10.9. The Hall–Kier alpha value is -3.46. The number of H-pyrrole nitrogens is 1. The molecule has 1 aliphatic heterocycles. The van der Waals surface area contributed by atoms with Crippen LogP contribution in [0.4, 0.5) is 0 Å². The number of aromatic amines is 1. The summed E-state index contributed by atoms with van der Waals surface area (Å²) in [4.78, 5) is 17.9. The molecule has 2 aromatic carbocycles. The van der Waals surface area contributed by atoms with E-state index in [1.807, 2.05) is 42.6 Å². The number of hydrogen-bond donors (Lipinski definition) is 1. The van der Waals surface area contributed by atoms with Gasteiger partial charge in [-0.05, 0) is 31.0 Å². The number of hydrogen-bond acceptors (Lipinski definition) is 6. The van der Waals surface area contributed by atoms with Crippen LogP contribution in [0.1, 0.15) is 18.9 Å². The van der Waals surface area contributed by atoms with Crippen LogP contribution in [0.3, 0.4) is 0 Å². The van der Waals surface area contributed by atoms with Gasteiger partial charge in [0.05, 0.1) is 12.3 Å². The highest BCUT2D eigenvalue weighted by atomic mass is 32.2. The van der Waals surface area contributed by atoms with Gasteiger partial charge in [-0.25, -0.2) is 0 Å². The minimum Gasteiger partial charge on any atom is -0.486 e. The molecule has 2 aromatic heterocycles. The zero-order valence-corrected chi connectivity index (χ0v) is 19.6. The third-order valence-electron chi connectivity index (χ3n) is 6.20. The SMILES string of the molecule is CN(C[C@@H]1COc2ccccc2O1)C(=O)CSc1nnc(-c2c[nH]c3ccccc23)n1C1CC1. The van der Waals surface area contributed by atoms with Gasteiger partial charge >= 0.3 is 0 Å². The molecule has 1 N–H and O–H groups in total. The number of aromatic nitrogens is 4. The van der Waals surface area contributed by atoms with Crippen molar-refractivity contribution in [2.45, 2.75) is 30.1 Å². The predicted octanol–water partition coefficient (Wildman–Crippen LogP) is 4.15. The van der Waals surface area contributed by atoms with Gasteiger partial charge in [-0.15, -0.1) is 10.2 Å². The molecular formula is C25H25N5O3S. The number of amides is 1. The normalized spacial score (nSPS) is 17.1. The summed E-state index contributed by atoms with van der Waals surface area (Å²) in [6, 6.07) is 16.2. The first-order valence-electron chi connectivity index (χ1n) is 11.4. The van der Waals surface area contributed by atoms with Gasteiger partial charge in [0.2, 0.25) is 5.91 Å². The molecule has 1 saturated carbocycles. The van der Waals surface area contributed by atoms with Gasteiger partial charge < -0.3 is 19.4 Å². The fourth-order valence-corrected chi connectivity index (χ4v) is 5.22. The fraction of sp³-hybridized carbons (Fsp3) is 0.320. The number of nitrogens with zero attached hydrogens (tertiary/aromatic N) is 4. The molecule has 2 aliphatic rings. The van der Waals surface area contributed by atoms with E-state index in [-0.39, 0.29) is 12.0 Å². The summed E-state index contributed by atoms with van der Waals surface area (Å²) >= 11 is 1.44. The van der Waals surface area contributed by atoms with E-state index in [0.29, 0.717) is 24.9 Å². The number of rotatable bonds is 7. The lowest BCUT2D eigenvalue weighted by atomic mass is 10.1. The number of nitrogens with one attached hydrogen (secondary N) is 1. The minimum atomic E-state index is -0.197. The molecule has 3 heterocycles. The molecule has 174 valence electrons. The van der Waals surface area contributed by atoms with E-state index in [0.717, 1.165) is 51.8 Å². The van der Waals surface area contributed by atoms with E-state index in [9.17, 15) is 4.79 Å². The molecule has 0 unspecified atom stereocenters. The highest BCUT2D eigenvalue weighted by Gasteiger charge is 2.31. The first-order valence-corrected chi connectivity index (χ1v) is 12.4. The van der Waals surface area contributed by atoms with Crippen molar-refractivity contribution < 1.29 is 14.3 Å². The molecule has 6 rings (SSSR count). The summed E-state index contributed by atoms with van der Waals surface area (Å²) in [7, 11) is 1.80. The van der Waals surface area contributed by atoms with Crippen LogP contribution < -0.4 is 9.47 Å². The maximum atomic E-state index is 12.9. The van der Waals surface area contributed by atoms with Crippen LogP contribution in [-0.4, -0.2) is 62.6 Å². The van der Waals surface area contributed by atoms with Gasteiger partial charge in [-0.3, -0.25) is 9.36 Å². The zero-order valence-electron chi connectivity index (χ0n) is 18.8. The van der Waals surface area contributed by atoms with Crippen LogP contribution in [0.5, 0.6) is 11.5 Å². The first-order chi connectivity index (χ1) is 16.7. The molecule has 1 aliphatic carbocycles. The third kappa shape index (κ3) is 4.00. The Labute approximate surface area is 201 Å². The van der Waals surface area contributed by atoms with Crippen LogP contribution >= 0.6 is 11.8 Å². The summed E-state index contributed by atoms with van der Waals surface area (Å²) in [6.07, 6.45) is 4.01. The predicted molar refractivity (Wildman–Crippen MR) is 130 cm³/mol. The Bertz CT molecular complexity index is 1350. The number of carbonyl (C=O) groups is 1. The van der Waals surface area contributed by atoms with E-state index in [4.69, 9.17) is 9.47 Å². The van der Waals surface area contributed by atoms with Crippen LogP contribution in [-0.2, 0) is 4.79 Å². The standard InChI is InChI=1S/C25H25N5O3S/c1-29(13-17-14-32-21-8-4-5-9-22(21)33-17)23(31)15-34-25-28-27-24(30(25)16-10-11-16)19-12-26-20-7-3-2-6-18(19)20/h2-9,12,16-17,26H,10-11,13-15H2,1H3/t17-/m1/s1. The van der Waals surface area contributed by atoms with Crippen LogP contribution in [0.25, 0.3) is 22.3 Å². The van der Waals surface area contributed by atoms with E-state index in [1.165, 1.54) is 11.8 Å². The number of carbonyl (C=O) groups excluding carboxylic acids is 1. The van der Waals surface area contributed by atoms with Gasteiger partial charge in [0, 0.05) is 35.8 Å². The number of likely N-dealkylation sites (N-methyl/N-ethyl adjacent to an activating group) is 1. The number of thioether (sulfide) groups is 1. The molecule has 0 bridgehead atoms. The summed E-state index contributed by atoms with van der Waals surface area (Å²) in [6.45, 7) is 0.884. The molecule has 0 saturated heterocycles. The second-order valence-corrected chi connectivity index (χ2v) is 9.66. The van der Waals surface area contributed by atoms with Crippen molar-refractivity contribution in [2.75, 3.05) is 26.0 Å². The zero-order chi connectivity index (χ0) is 23.1. The third-order valence-corrected chi connectivity index (χ3v) is 7.13. The summed E-state index contributed by atoms with van der Waals surface area (Å²) in [5.74, 6) is 2.63. The average Bonchev–Trinajstić information content (AvgIpc) is 3.48. The highest BCUT2D eigenvalue weighted by Crippen LogP contribution is 2.42. The lowest BCUT2D eigenvalue weighted by Crippen LogP contribution is -2.42. The maximum Gasteiger partial charge on any atom is 0.232 e. The average molecular weight is 476 g/mol. The molecule has 1 fully saturated rings. The largest absolute Gasteiger partial charge is 0.486 e. The van der Waals surface area contributed by atoms with E-state index < -0.39 is 0 Å². The molecule has 0 spiro atoms. The molecule has 34 heavy (non-hydrogen) atoms. The van der Waals surface area contributed by atoms with Crippen molar-refractivity contribution in [3.63, 3.8) is 0 Å². The van der Waals surface area contributed by atoms with Gasteiger partial charge in [-0.1, -0.05) is 42.1 Å². The lowest BCUT2D eigenvalue weighted by molar-refractivity contribution is -0.128. The topological polar surface area (TPSA) is 85.3 Å². The quantitative estimate of drug-likeness (QED) is 0.404. The lowest BCUT2D eigenvalue weighted by Gasteiger charge is -2.29. The molecule has 8 nitrogen and oxygen atoms in total. The van der Waals surface area contributed by atoms with E-state index >= 15 is 0 Å². The second-order valence-electron chi connectivity index (χ2n) is 8.72. The van der Waals surface area contributed by atoms with E-state index in [2.05, 4.69) is 31.9 Å². The van der Waals surface area contributed by atoms with Gasteiger partial charge in [-0.2, -0.15) is 0 Å². The van der Waals surface area contributed by atoms with Crippen molar-refractivity contribution in [2.24, 2.45) is 0 Å². The number of benzene rings is 2. The Morgan fingerprint density at radius 3 is 2.79 bits per heavy atom. The first kappa shape index (κ1) is 21.1. The molecule has 4 aromatic rings. The molecule has 0 radical (unpaired) electrons. The summed E-state index contributed by atoms with van der Waals surface area (Å²) in [5.41, 5.74) is 2.12. The molecule has 1 amide bonds. The van der Waals surface area contributed by atoms with Crippen LogP contribution in [0.15, 0.2) is 59.9 Å². The Morgan fingerprint density at radius 1 is 1.15 bits per heavy atom. The fourth-order valence-electron chi connectivity index (χ4n) is 4.27. The van der Waals surface area contributed by atoms with Crippen molar-refractivity contribution in [3.8, 4) is 22.9 Å². The Morgan fingerprint density at radius 2 is 1.94 bits per heavy atom. The van der Waals surface area contributed by atoms with Crippen molar-refractivity contribution in [3.05, 3.63) is 54.7 Å². The second kappa shape index (κ2) is 8.72. The van der Waals surface area contributed by atoms with Crippen molar-refractivity contribution >= 4 is 28.6 Å². The van der Waals surface area contributed by atoms with E-state index in [1.54, 1.807) is 11.9 Å². The van der Waals surface area contributed by atoms with Gasteiger partial charge in [0.25, 0.3) is 0 Å². The maximum absolute atomic E-state index is 12.9. The summed E-state index contributed by atoms with van der Waals surface area (Å²) < 4.78 is 14.0. The minimum absolute atomic E-state index is 0.0199. The van der Waals surface area contributed by atoms with Gasteiger partial charge in [0.15, 0.2) is 28.6 Å². The number of fused-ring (bicyclic) bond motifs is 2.